The number of anilines is 2. The Bertz CT molecular complexity index is 356. The second-order valence-corrected chi connectivity index (χ2v) is 5.09. The van der Waals surface area contributed by atoms with Crippen molar-refractivity contribution >= 4 is 11.5 Å². The molecule has 0 aromatic carbocycles. The van der Waals surface area contributed by atoms with Gasteiger partial charge in [0, 0.05) is 6.54 Å². The molecular formula is C14H23N3. The van der Waals surface area contributed by atoms with E-state index in [1.807, 2.05) is 19.1 Å². The van der Waals surface area contributed by atoms with Crippen LogP contribution in [0.1, 0.15) is 44.2 Å². The Labute approximate surface area is 104 Å². The van der Waals surface area contributed by atoms with Crippen LogP contribution < -0.4 is 11.1 Å². The average Bonchev–Trinajstić information content (AvgIpc) is 2.82. The highest BCUT2D eigenvalue weighted by atomic mass is 15.0. The van der Waals surface area contributed by atoms with E-state index in [0.717, 1.165) is 29.7 Å². The van der Waals surface area contributed by atoms with Crippen molar-refractivity contribution in [3.8, 4) is 0 Å². The summed E-state index contributed by atoms with van der Waals surface area (Å²) in [6.07, 6.45) is 8.38. The molecule has 3 N–H and O–H groups in total. The first-order valence-corrected chi connectivity index (χ1v) is 6.72. The maximum absolute atomic E-state index is 5.74. The molecule has 1 aliphatic carbocycles. The van der Waals surface area contributed by atoms with Crippen LogP contribution in [0, 0.1) is 12.8 Å². The minimum absolute atomic E-state index is 0.765. The molecule has 3 nitrogen and oxygen atoms in total. The Morgan fingerprint density at radius 3 is 2.82 bits per heavy atom. The molecule has 0 amide bonds. The topological polar surface area (TPSA) is 50.9 Å². The fourth-order valence-corrected chi connectivity index (χ4v) is 2.58. The Morgan fingerprint density at radius 2 is 2.12 bits per heavy atom. The van der Waals surface area contributed by atoms with Gasteiger partial charge in [-0.2, -0.15) is 0 Å². The highest BCUT2D eigenvalue weighted by Crippen LogP contribution is 2.28. The van der Waals surface area contributed by atoms with Gasteiger partial charge in [0.05, 0.1) is 11.4 Å². The molecule has 0 saturated heterocycles. The van der Waals surface area contributed by atoms with Crippen LogP contribution in [0.2, 0.25) is 0 Å². The second kappa shape index (κ2) is 5.89. The van der Waals surface area contributed by atoms with Crippen molar-refractivity contribution in [3.05, 3.63) is 17.8 Å². The summed E-state index contributed by atoms with van der Waals surface area (Å²) in [7, 11) is 0. The van der Waals surface area contributed by atoms with Crippen molar-refractivity contribution in [1.29, 1.82) is 0 Å². The van der Waals surface area contributed by atoms with Gasteiger partial charge < -0.3 is 11.1 Å². The van der Waals surface area contributed by atoms with Gasteiger partial charge in [0.2, 0.25) is 0 Å². The molecule has 0 atom stereocenters. The molecule has 94 valence electrons. The van der Waals surface area contributed by atoms with E-state index in [9.17, 15) is 0 Å². The summed E-state index contributed by atoms with van der Waals surface area (Å²) in [6, 6.07) is 3.87. The molecule has 17 heavy (non-hydrogen) atoms. The molecule has 0 bridgehead atoms. The molecule has 1 aromatic heterocycles. The molecule has 0 aliphatic heterocycles. The van der Waals surface area contributed by atoms with E-state index in [2.05, 4.69) is 10.3 Å². The summed E-state index contributed by atoms with van der Waals surface area (Å²) in [5.74, 6) is 1.93. The first-order valence-electron chi connectivity index (χ1n) is 6.72. The van der Waals surface area contributed by atoms with Crippen LogP contribution in [0.3, 0.4) is 0 Å². The predicted molar refractivity (Wildman–Crippen MR) is 73.1 cm³/mol. The normalized spacial score (nSPS) is 16.3. The minimum atomic E-state index is 0.765. The number of hydrogen-bond donors (Lipinski definition) is 2. The van der Waals surface area contributed by atoms with E-state index in [-0.39, 0.29) is 0 Å². The molecule has 1 aliphatic rings. The van der Waals surface area contributed by atoms with Gasteiger partial charge in [-0.1, -0.05) is 25.7 Å². The van der Waals surface area contributed by atoms with Crippen LogP contribution >= 0.6 is 0 Å². The van der Waals surface area contributed by atoms with Gasteiger partial charge in [0.15, 0.2) is 0 Å². The van der Waals surface area contributed by atoms with Crippen LogP contribution in [0.4, 0.5) is 11.5 Å². The molecule has 3 heteroatoms. The lowest BCUT2D eigenvalue weighted by Gasteiger charge is -2.10. The number of nitrogens with two attached hydrogens (primary N) is 1. The van der Waals surface area contributed by atoms with Gasteiger partial charge in [-0.25, -0.2) is 4.98 Å². The summed E-state index contributed by atoms with van der Waals surface area (Å²) in [5, 5.41) is 3.37. The number of hydrogen-bond acceptors (Lipinski definition) is 3. The minimum Gasteiger partial charge on any atom is -0.397 e. The van der Waals surface area contributed by atoms with E-state index in [4.69, 9.17) is 5.73 Å². The SMILES string of the molecule is Cc1nc(NCCCC2CCCC2)ccc1N. The molecule has 1 aromatic rings. The fourth-order valence-electron chi connectivity index (χ4n) is 2.58. The lowest BCUT2D eigenvalue weighted by Crippen LogP contribution is -2.06. The zero-order valence-corrected chi connectivity index (χ0v) is 10.7. The van der Waals surface area contributed by atoms with Gasteiger partial charge in [0.1, 0.15) is 5.82 Å². The van der Waals surface area contributed by atoms with E-state index in [1.165, 1.54) is 38.5 Å². The fraction of sp³-hybridized carbons (Fsp3) is 0.643. The van der Waals surface area contributed by atoms with E-state index in [1.54, 1.807) is 0 Å². The largest absolute Gasteiger partial charge is 0.397 e. The standard InChI is InChI=1S/C14H23N3/c1-11-13(15)8-9-14(17-11)16-10-4-7-12-5-2-3-6-12/h8-9,12H,2-7,10,15H2,1H3,(H,16,17). The first-order chi connectivity index (χ1) is 8.25. The van der Waals surface area contributed by atoms with Crippen LogP contribution in [0.15, 0.2) is 12.1 Å². The zero-order valence-electron chi connectivity index (χ0n) is 10.7. The average molecular weight is 233 g/mol. The van der Waals surface area contributed by atoms with Crippen molar-refractivity contribution in [1.82, 2.24) is 4.98 Å². The van der Waals surface area contributed by atoms with Crippen LogP contribution in [0.25, 0.3) is 0 Å². The van der Waals surface area contributed by atoms with Crippen LogP contribution in [-0.2, 0) is 0 Å². The van der Waals surface area contributed by atoms with Gasteiger partial charge in [0.25, 0.3) is 0 Å². The van der Waals surface area contributed by atoms with Crippen molar-refractivity contribution in [3.63, 3.8) is 0 Å². The van der Waals surface area contributed by atoms with Crippen molar-refractivity contribution in [2.24, 2.45) is 5.92 Å². The Balaban J connectivity index is 1.68. The Hall–Kier alpha value is -1.25. The van der Waals surface area contributed by atoms with E-state index in [0.29, 0.717) is 0 Å². The highest BCUT2D eigenvalue weighted by Gasteiger charge is 2.13. The third-order valence-corrected chi connectivity index (χ3v) is 3.70. The second-order valence-electron chi connectivity index (χ2n) is 5.09. The van der Waals surface area contributed by atoms with Crippen LogP contribution in [0.5, 0.6) is 0 Å². The van der Waals surface area contributed by atoms with Crippen molar-refractivity contribution in [2.45, 2.75) is 45.4 Å². The van der Waals surface area contributed by atoms with Gasteiger partial charge >= 0.3 is 0 Å². The monoisotopic (exact) mass is 233 g/mol. The van der Waals surface area contributed by atoms with Gasteiger partial charge in [-0.05, 0) is 37.8 Å². The van der Waals surface area contributed by atoms with E-state index < -0.39 is 0 Å². The first kappa shape index (κ1) is 12.2. The third kappa shape index (κ3) is 3.62. The van der Waals surface area contributed by atoms with Crippen molar-refractivity contribution < 1.29 is 0 Å². The smallest absolute Gasteiger partial charge is 0.126 e. The highest BCUT2D eigenvalue weighted by molar-refractivity contribution is 5.48. The Morgan fingerprint density at radius 1 is 1.35 bits per heavy atom. The number of nitrogens with zero attached hydrogens (tertiary/aromatic N) is 1. The quantitative estimate of drug-likeness (QED) is 0.767. The molecule has 1 saturated carbocycles. The summed E-state index contributed by atoms with van der Waals surface area (Å²) in [5.41, 5.74) is 7.41. The van der Waals surface area contributed by atoms with Crippen LogP contribution in [-0.4, -0.2) is 11.5 Å². The van der Waals surface area contributed by atoms with E-state index >= 15 is 0 Å². The molecular weight excluding hydrogens is 210 g/mol. The summed E-state index contributed by atoms with van der Waals surface area (Å²) >= 11 is 0. The summed E-state index contributed by atoms with van der Waals surface area (Å²) < 4.78 is 0. The molecule has 1 fully saturated rings. The lowest BCUT2D eigenvalue weighted by atomic mass is 10.0. The maximum Gasteiger partial charge on any atom is 0.126 e. The van der Waals surface area contributed by atoms with Gasteiger partial charge in [-0.15, -0.1) is 0 Å². The summed E-state index contributed by atoms with van der Waals surface area (Å²) in [6.45, 7) is 2.96. The lowest BCUT2D eigenvalue weighted by molar-refractivity contribution is 0.491. The predicted octanol–water partition coefficient (Wildman–Crippen LogP) is 3.35. The number of aromatic nitrogens is 1. The number of pyridine rings is 1. The number of nitrogens with one attached hydrogen (secondary N) is 1. The number of rotatable bonds is 5. The third-order valence-electron chi connectivity index (χ3n) is 3.70. The number of aryl methyl sites for hydroxylation is 1. The van der Waals surface area contributed by atoms with Crippen molar-refractivity contribution in [2.75, 3.05) is 17.6 Å². The molecule has 2 rings (SSSR count). The maximum atomic E-state index is 5.74. The molecule has 0 unspecified atom stereocenters. The molecule has 0 radical (unpaired) electrons. The summed E-state index contributed by atoms with van der Waals surface area (Å²) in [4.78, 5) is 4.41. The zero-order chi connectivity index (χ0) is 12.1. The number of nitrogen functional groups attached to an aromatic ring is 1. The molecule has 0 spiro atoms. The van der Waals surface area contributed by atoms with Gasteiger partial charge in [-0.3, -0.25) is 0 Å². The Kier molecular flexibility index (Phi) is 4.24. The molecule has 1 heterocycles.